The summed E-state index contributed by atoms with van der Waals surface area (Å²) in [5.74, 6) is 0.209. The Kier molecular flexibility index (Phi) is 5.36. The Hall–Kier alpha value is -2.78. The van der Waals surface area contributed by atoms with Gasteiger partial charge >= 0.3 is 5.97 Å². The number of esters is 1. The second-order valence-electron chi connectivity index (χ2n) is 6.47. The van der Waals surface area contributed by atoms with Crippen molar-refractivity contribution in [2.45, 2.75) is 32.5 Å². The Morgan fingerprint density at radius 3 is 2.93 bits per heavy atom. The summed E-state index contributed by atoms with van der Waals surface area (Å²) in [7, 11) is 0. The quantitative estimate of drug-likeness (QED) is 0.586. The predicted octanol–water partition coefficient (Wildman–Crippen LogP) is 2.37. The van der Waals surface area contributed by atoms with Gasteiger partial charge in [-0.15, -0.1) is 0 Å². The molecule has 0 saturated carbocycles. The number of benzene rings is 1. The Morgan fingerprint density at radius 1 is 1.36 bits per heavy atom. The predicted molar refractivity (Wildman–Crippen MR) is 102 cm³/mol. The van der Waals surface area contributed by atoms with Gasteiger partial charge < -0.3 is 14.2 Å². The summed E-state index contributed by atoms with van der Waals surface area (Å²) in [6.07, 6.45) is 2.22. The lowest BCUT2D eigenvalue weighted by Gasteiger charge is -2.11. The molecule has 1 fully saturated rings. The molecule has 9 heteroatoms. The average Bonchev–Trinajstić information content (AvgIpc) is 3.34. The molecular formula is C19H19N3O5S. The number of hydrogen-bond acceptors (Lipinski definition) is 8. The van der Waals surface area contributed by atoms with E-state index in [-0.39, 0.29) is 18.3 Å². The first-order valence-electron chi connectivity index (χ1n) is 8.96. The Bertz CT molecular complexity index is 1040. The second-order valence-corrected chi connectivity index (χ2v) is 7.51. The summed E-state index contributed by atoms with van der Waals surface area (Å²) in [4.78, 5) is 28.9. The van der Waals surface area contributed by atoms with Gasteiger partial charge in [-0.1, -0.05) is 11.3 Å². The fraction of sp³-hybridized carbons (Fsp3) is 0.368. The van der Waals surface area contributed by atoms with Gasteiger partial charge in [-0.05, 0) is 44.0 Å². The lowest BCUT2D eigenvalue weighted by Crippen LogP contribution is -2.16. The highest BCUT2D eigenvalue weighted by atomic mass is 32.1. The van der Waals surface area contributed by atoms with Crippen LogP contribution in [0, 0.1) is 6.92 Å². The largest absolute Gasteiger partial charge is 0.491 e. The molecule has 2 aromatic heterocycles. The van der Waals surface area contributed by atoms with Crippen molar-refractivity contribution < 1.29 is 19.0 Å². The third kappa shape index (κ3) is 4.20. The van der Waals surface area contributed by atoms with Crippen LogP contribution in [0.1, 0.15) is 33.9 Å². The lowest BCUT2D eigenvalue weighted by molar-refractivity contribution is 0.0471. The molecule has 0 aliphatic carbocycles. The van der Waals surface area contributed by atoms with Crippen molar-refractivity contribution in [3.05, 3.63) is 57.0 Å². The summed E-state index contributed by atoms with van der Waals surface area (Å²) in [6, 6.07) is 8.18. The van der Waals surface area contributed by atoms with Gasteiger partial charge in [0, 0.05) is 18.4 Å². The highest BCUT2D eigenvalue weighted by Gasteiger charge is 2.16. The van der Waals surface area contributed by atoms with Gasteiger partial charge in [0.05, 0.1) is 11.7 Å². The summed E-state index contributed by atoms with van der Waals surface area (Å²) in [6.45, 7) is 3.02. The number of nitrogens with zero attached hydrogens (tertiary/aromatic N) is 3. The van der Waals surface area contributed by atoms with E-state index in [1.807, 2.05) is 0 Å². The van der Waals surface area contributed by atoms with Crippen LogP contribution in [0.25, 0.3) is 4.96 Å². The number of aromatic nitrogens is 3. The smallest absolute Gasteiger partial charge is 0.338 e. The van der Waals surface area contributed by atoms with E-state index >= 15 is 0 Å². The summed E-state index contributed by atoms with van der Waals surface area (Å²) < 4.78 is 17.7. The van der Waals surface area contributed by atoms with Gasteiger partial charge in [0.2, 0.25) is 4.96 Å². The minimum Gasteiger partial charge on any atom is -0.491 e. The first kappa shape index (κ1) is 18.6. The first-order valence-corrected chi connectivity index (χ1v) is 9.78. The number of ether oxygens (including phenoxy) is 3. The molecule has 1 aromatic carbocycles. The lowest BCUT2D eigenvalue weighted by atomic mass is 10.2. The Labute approximate surface area is 164 Å². The second kappa shape index (κ2) is 8.07. The van der Waals surface area contributed by atoms with E-state index in [4.69, 9.17) is 14.2 Å². The van der Waals surface area contributed by atoms with E-state index in [1.165, 1.54) is 21.9 Å². The van der Waals surface area contributed by atoms with Crippen molar-refractivity contribution in [2.75, 3.05) is 13.2 Å². The van der Waals surface area contributed by atoms with Crippen LogP contribution in [0.4, 0.5) is 0 Å². The first-order chi connectivity index (χ1) is 13.6. The fourth-order valence-electron chi connectivity index (χ4n) is 2.88. The summed E-state index contributed by atoms with van der Waals surface area (Å²) in [5, 5.41) is 4.65. The molecule has 1 atom stereocenters. The molecule has 1 saturated heterocycles. The van der Waals surface area contributed by atoms with E-state index in [0.717, 1.165) is 19.4 Å². The molecule has 8 nitrogen and oxygen atoms in total. The van der Waals surface area contributed by atoms with Crippen molar-refractivity contribution in [2.24, 2.45) is 0 Å². The van der Waals surface area contributed by atoms with Gasteiger partial charge in [-0.2, -0.15) is 9.61 Å². The van der Waals surface area contributed by atoms with Crippen LogP contribution >= 0.6 is 11.3 Å². The minimum absolute atomic E-state index is 0.0252. The van der Waals surface area contributed by atoms with E-state index < -0.39 is 5.97 Å². The third-order valence-corrected chi connectivity index (χ3v) is 5.17. The molecule has 0 bridgehead atoms. The van der Waals surface area contributed by atoms with Crippen molar-refractivity contribution in [1.82, 2.24) is 14.6 Å². The molecule has 28 heavy (non-hydrogen) atoms. The maximum absolute atomic E-state index is 12.2. The van der Waals surface area contributed by atoms with Gasteiger partial charge in [-0.3, -0.25) is 4.79 Å². The number of aryl methyl sites for hydroxylation is 1. The monoisotopic (exact) mass is 401 g/mol. The fourth-order valence-corrected chi connectivity index (χ4v) is 3.74. The number of hydrogen-bond donors (Lipinski definition) is 0. The van der Waals surface area contributed by atoms with Crippen molar-refractivity contribution in [3.63, 3.8) is 0 Å². The molecule has 3 heterocycles. The number of carbonyl (C=O) groups excluding carboxylic acids is 1. The van der Waals surface area contributed by atoms with Crippen molar-refractivity contribution in [1.29, 1.82) is 0 Å². The zero-order valence-electron chi connectivity index (χ0n) is 15.3. The molecule has 146 valence electrons. The number of fused-ring (bicyclic) bond motifs is 1. The molecule has 0 N–H and O–H groups in total. The van der Waals surface area contributed by atoms with Gasteiger partial charge in [-0.25, -0.2) is 9.78 Å². The van der Waals surface area contributed by atoms with E-state index in [2.05, 4.69) is 10.1 Å². The number of carbonyl (C=O) groups is 1. The van der Waals surface area contributed by atoms with Crippen LogP contribution in [-0.2, 0) is 16.1 Å². The molecule has 0 radical (unpaired) electrons. The van der Waals surface area contributed by atoms with Crippen LogP contribution in [0.15, 0.2) is 35.1 Å². The molecular weight excluding hydrogens is 382 g/mol. The molecule has 4 rings (SSSR count). The average molecular weight is 401 g/mol. The van der Waals surface area contributed by atoms with Crippen molar-refractivity contribution >= 4 is 22.3 Å². The molecule has 0 amide bonds. The maximum Gasteiger partial charge on any atom is 0.338 e. The molecule has 1 aliphatic rings. The SMILES string of the molecule is Cc1cc(=O)n2nc(COC(=O)c3ccc(OC[C@H]4CCCO4)cc3)sc2n1. The minimum atomic E-state index is -0.471. The van der Waals surface area contributed by atoms with Crippen LogP contribution < -0.4 is 10.3 Å². The van der Waals surface area contributed by atoms with Gasteiger partial charge in [0.25, 0.3) is 5.56 Å². The van der Waals surface area contributed by atoms with E-state index in [1.54, 1.807) is 31.2 Å². The Morgan fingerprint density at radius 2 is 2.18 bits per heavy atom. The van der Waals surface area contributed by atoms with E-state index in [0.29, 0.717) is 33.6 Å². The molecule has 0 spiro atoms. The van der Waals surface area contributed by atoms with Crippen LogP contribution in [0.5, 0.6) is 5.75 Å². The van der Waals surface area contributed by atoms with Crippen LogP contribution in [-0.4, -0.2) is 39.9 Å². The standard InChI is InChI=1S/C19H19N3O5S/c1-12-9-17(23)22-19(20-12)28-16(21-22)11-27-18(24)13-4-6-14(7-5-13)26-10-15-3-2-8-25-15/h4-7,9,15H,2-3,8,10-11H2,1H3/t15-/m1/s1. The normalized spacial score (nSPS) is 16.4. The third-order valence-electron chi connectivity index (χ3n) is 4.29. The van der Waals surface area contributed by atoms with Crippen molar-refractivity contribution in [3.8, 4) is 5.75 Å². The zero-order chi connectivity index (χ0) is 19.5. The summed E-state index contributed by atoms with van der Waals surface area (Å²) >= 11 is 1.22. The maximum atomic E-state index is 12.2. The van der Waals surface area contributed by atoms with Crippen LogP contribution in [0.2, 0.25) is 0 Å². The summed E-state index contributed by atoms with van der Waals surface area (Å²) in [5.41, 5.74) is 0.783. The zero-order valence-corrected chi connectivity index (χ0v) is 16.1. The molecule has 0 unspecified atom stereocenters. The molecule has 3 aromatic rings. The molecule has 1 aliphatic heterocycles. The number of rotatable bonds is 6. The highest BCUT2D eigenvalue weighted by Crippen LogP contribution is 2.18. The van der Waals surface area contributed by atoms with E-state index in [9.17, 15) is 9.59 Å². The topological polar surface area (TPSA) is 92.0 Å². The van der Waals surface area contributed by atoms with Crippen LogP contribution in [0.3, 0.4) is 0 Å². The highest BCUT2D eigenvalue weighted by molar-refractivity contribution is 7.16. The Balaban J connectivity index is 1.34. The van der Waals surface area contributed by atoms with Gasteiger partial charge in [0.15, 0.2) is 5.01 Å². The van der Waals surface area contributed by atoms with Gasteiger partial charge in [0.1, 0.15) is 19.0 Å².